The average Bonchev–Trinajstić information content (AvgIpc) is 2.78. The Balaban J connectivity index is 1.74. The van der Waals surface area contributed by atoms with Gasteiger partial charge >= 0.3 is 0 Å². The first-order valence-corrected chi connectivity index (χ1v) is 13.3. The molecule has 1 saturated heterocycles. The van der Waals surface area contributed by atoms with Gasteiger partial charge in [0.15, 0.2) is 10.9 Å². The van der Waals surface area contributed by atoms with Crippen molar-refractivity contribution >= 4 is 45.0 Å². The normalized spacial score (nSPS) is 17.5. The van der Waals surface area contributed by atoms with Gasteiger partial charge in [-0.3, -0.25) is 4.79 Å². The first-order chi connectivity index (χ1) is 14.9. The highest BCUT2D eigenvalue weighted by Crippen LogP contribution is 2.28. The Hall–Kier alpha value is -1.68. The van der Waals surface area contributed by atoms with E-state index in [-0.39, 0.29) is 21.7 Å². The number of nitrogens with zero attached hydrogens (tertiary/aromatic N) is 3. The molecule has 168 valence electrons. The second kappa shape index (κ2) is 10.8. The van der Waals surface area contributed by atoms with E-state index in [1.165, 1.54) is 30.1 Å². The van der Waals surface area contributed by atoms with Gasteiger partial charge in [0.25, 0.3) is 5.91 Å². The minimum absolute atomic E-state index is 0.0396. The van der Waals surface area contributed by atoms with Gasteiger partial charge in [-0.05, 0) is 49.9 Å². The van der Waals surface area contributed by atoms with Gasteiger partial charge in [0.1, 0.15) is 0 Å². The van der Waals surface area contributed by atoms with E-state index in [0.717, 1.165) is 37.9 Å². The van der Waals surface area contributed by atoms with Crippen molar-refractivity contribution in [2.24, 2.45) is 0 Å². The topological polar surface area (TPSA) is 92.3 Å². The number of amides is 1. The van der Waals surface area contributed by atoms with E-state index in [4.69, 9.17) is 11.6 Å². The van der Waals surface area contributed by atoms with Crippen molar-refractivity contribution in [2.75, 3.05) is 17.6 Å². The van der Waals surface area contributed by atoms with Gasteiger partial charge in [0.2, 0.25) is 10.0 Å². The molecule has 0 saturated carbocycles. The van der Waals surface area contributed by atoms with Crippen molar-refractivity contribution in [1.29, 1.82) is 0 Å². The lowest BCUT2D eigenvalue weighted by Gasteiger charge is -2.34. The van der Waals surface area contributed by atoms with Crippen LogP contribution in [0, 0.1) is 0 Å². The van der Waals surface area contributed by atoms with E-state index >= 15 is 0 Å². The molecule has 1 amide bonds. The van der Waals surface area contributed by atoms with E-state index in [2.05, 4.69) is 15.3 Å². The molecule has 1 aliphatic rings. The summed E-state index contributed by atoms with van der Waals surface area (Å²) in [5.74, 6) is 0.373. The zero-order valence-electron chi connectivity index (χ0n) is 17.7. The highest BCUT2D eigenvalue weighted by molar-refractivity contribution is 7.99. The van der Waals surface area contributed by atoms with Gasteiger partial charge in [-0.1, -0.05) is 43.6 Å². The number of hydrogen-bond donors (Lipinski definition) is 1. The maximum atomic E-state index is 13.1. The minimum atomic E-state index is -3.57. The maximum Gasteiger partial charge on any atom is 0.275 e. The summed E-state index contributed by atoms with van der Waals surface area (Å²) in [4.78, 5) is 21.3. The molecular formula is C21H27ClN4O3S2. The third-order valence-electron chi connectivity index (χ3n) is 5.14. The van der Waals surface area contributed by atoms with Crippen molar-refractivity contribution in [2.45, 2.75) is 62.0 Å². The fraction of sp³-hybridized carbons (Fsp3) is 0.476. The Kier molecular flexibility index (Phi) is 8.32. The van der Waals surface area contributed by atoms with Crippen molar-refractivity contribution in [1.82, 2.24) is 14.3 Å². The highest BCUT2D eigenvalue weighted by Gasteiger charge is 2.32. The van der Waals surface area contributed by atoms with Gasteiger partial charge in [0.05, 0.1) is 16.1 Å². The first-order valence-electron chi connectivity index (χ1n) is 10.5. The summed E-state index contributed by atoms with van der Waals surface area (Å²) >= 11 is 7.56. The van der Waals surface area contributed by atoms with Crippen LogP contribution in [0.1, 0.15) is 56.4 Å². The number of benzene rings is 1. The van der Waals surface area contributed by atoms with Gasteiger partial charge in [0, 0.05) is 24.0 Å². The molecule has 1 aromatic carbocycles. The van der Waals surface area contributed by atoms with Crippen LogP contribution in [-0.4, -0.2) is 46.9 Å². The monoisotopic (exact) mass is 482 g/mol. The minimum Gasteiger partial charge on any atom is -0.321 e. The number of aromatic nitrogens is 2. The number of sulfonamides is 1. The molecule has 0 spiro atoms. The lowest BCUT2D eigenvalue weighted by atomic mass is 10.0. The molecule has 0 bridgehead atoms. The van der Waals surface area contributed by atoms with Crippen LogP contribution in [0.4, 0.5) is 5.69 Å². The number of halogens is 1. The summed E-state index contributed by atoms with van der Waals surface area (Å²) in [6.07, 6.45) is 6.00. The van der Waals surface area contributed by atoms with Crippen molar-refractivity contribution in [3.8, 4) is 0 Å². The second-order valence-electron chi connectivity index (χ2n) is 7.35. The molecule has 10 heteroatoms. The molecule has 1 aromatic heterocycles. The number of carbonyl (C=O) groups is 1. The number of nitrogens with one attached hydrogen (secondary N) is 1. The molecule has 1 aliphatic heterocycles. The summed E-state index contributed by atoms with van der Waals surface area (Å²) in [6.45, 7) is 4.61. The van der Waals surface area contributed by atoms with Gasteiger partial charge in [-0.15, -0.1) is 0 Å². The molecular weight excluding hydrogens is 456 g/mol. The van der Waals surface area contributed by atoms with E-state index in [0.29, 0.717) is 17.4 Å². The van der Waals surface area contributed by atoms with Crippen LogP contribution in [0.2, 0.25) is 5.02 Å². The smallest absolute Gasteiger partial charge is 0.275 e. The Morgan fingerprint density at radius 3 is 2.68 bits per heavy atom. The summed E-state index contributed by atoms with van der Waals surface area (Å²) in [7, 11) is -3.57. The first kappa shape index (κ1) is 24.0. The summed E-state index contributed by atoms with van der Waals surface area (Å²) in [5.41, 5.74) is 0.554. The predicted molar refractivity (Wildman–Crippen MR) is 124 cm³/mol. The Morgan fingerprint density at radius 1 is 1.26 bits per heavy atom. The molecule has 2 aromatic rings. The number of hydrogen-bond acceptors (Lipinski definition) is 6. The summed E-state index contributed by atoms with van der Waals surface area (Å²) in [6, 6.07) is 6.25. The molecule has 1 atom stereocenters. The van der Waals surface area contributed by atoms with E-state index in [9.17, 15) is 13.2 Å². The van der Waals surface area contributed by atoms with E-state index in [1.807, 2.05) is 13.8 Å². The highest BCUT2D eigenvalue weighted by atomic mass is 35.5. The number of piperidine rings is 1. The van der Waals surface area contributed by atoms with Crippen LogP contribution in [-0.2, 0) is 10.0 Å². The lowest BCUT2D eigenvalue weighted by molar-refractivity contribution is 0.102. The standard InChI is InChI=1S/C21H27ClN4O3S2/c1-3-13-30-21-23-14-18(22)19(25-21)20(27)24-15-8-10-17(11-9-15)31(28,29)26-12-6-5-7-16(26)4-2/h8-11,14,16H,3-7,12-13H2,1-2H3,(H,24,27). The predicted octanol–water partition coefficient (Wildman–Crippen LogP) is 4.84. The van der Waals surface area contributed by atoms with Crippen LogP contribution in [0.3, 0.4) is 0 Å². The van der Waals surface area contributed by atoms with Crippen LogP contribution in [0.5, 0.6) is 0 Å². The number of thioether (sulfide) groups is 1. The van der Waals surface area contributed by atoms with E-state index < -0.39 is 15.9 Å². The van der Waals surface area contributed by atoms with Gasteiger partial charge < -0.3 is 5.32 Å². The second-order valence-corrected chi connectivity index (χ2v) is 10.7. The molecule has 1 N–H and O–H groups in total. The number of anilines is 1. The Morgan fingerprint density at radius 2 is 2.00 bits per heavy atom. The molecule has 31 heavy (non-hydrogen) atoms. The number of carbonyl (C=O) groups excluding carboxylic acids is 1. The van der Waals surface area contributed by atoms with Gasteiger partial charge in [-0.2, -0.15) is 4.31 Å². The fourth-order valence-electron chi connectivity index (χ4n) is 3.51. The molecule has 1 unspecified atom stereocenters. The van der Waals surface area contributed by atoms with Crippen molar-refractivity contribution < 1.29 is 13.2 Å². The van der Waals surface area contributed by atoms with Crippen LogP contribution < -0.4 is 5.32 Å². The molecule has 0 aliphatic carbocycles. The van der Waals surface area contributed by atoms with Crippen molar-refractivity contribution in [3.05, 3.63) is 41.2 Å². The zero-order valence-corrected chi connectivity index (χ0v) is 20.1. The lowest BCUT2D eigenvalue weighted by Crippen LogP contribution is -2.43. The average molecular weight is 483 g/mol. The molecule has 1 fully saturated rings. The maximum absolute atomic E-state index is 13.1. The quantitative estimate of drug-likeness (QED) is 0.427. The Labute approximate surface area is 193 Å². The van der Waals surface area contributed by atoms with Crippen LogP contribution >= 0.6 is 23.4 Å². The molecule has 3 rings (SSSR count). The zero-order chi connectivity index (χ0) is 22.4. The fourth-order valence-corrected chi connectivity index (χ4v) is 6.12. The van der Waals surface area contributed by atoms with Gasteiger partial charge in [-0.25, -0.2) is 18.4 Å². The van der Waals surface area contributed by atoms with Crippen LogP contribution in [0.25, 0.3) is 0 Å². The number of rotatable bonds is 8. The van der Waals surface area contributed by atoms with Crippen LogP contribution in [0.15, 0.2) is 40.5 Å². The molecule has 0 radical (unpaired) electrons. The Bertz CT molecular complexity index is 1020. The third kappa shape index (κ3) is 5.77. The largest absolute Gasteiger partial charge is 0.321 e. The summed E-state index contributed by atoms with van der Waals surface area (Å²) < 4.78 is 27.8. The SMILES string of the molecule is CCCSc1ncc(Cl)c(C(=O)Nc2ccc(S(=O)(=O)N3CCCCC3CC)cc2)n1. The van der Waals surface area contributed by atoms with Crippen molar-refractivity contribution in [3.63, 3.8) is 0 Å². The molecule has 2 heterocycles. The van der Waals surface area contributed by atoms with E-state index in [1.54, 1.807) is 16.4 Å². The third-order valence-corrected chi connectivity index (χ3v) is 8.45. The molecule has 7 nitrogen and oxygen atoms in total. The summed E-state index contributed by atoms with van der Waals surface area (Å²) in [5, 5.41) is 3.38.